The van der Waals surface area contributed by atoms with Crippen LogP contribution in [0.5, 0.6) is 5.75 Å². The minimum absolute atomic E-state index is 0. The molecule has 5 heteroatoms. The third-order valence-electron chi connectivity index (χ3n) is 12.0. The van der Waals surface area contributed by atoms with E-state index in [1.807, 2.05) is 104 Å². The summed E-state index contributed by atoms with van der Waals surface area (Å²) in [6, 6.07) is 46.4. The summed E-state index contributed by atoms with van der Waals surface area (Å²) in [6.07, 6.45) is 1.60. The number of imidazole rings is 1. The van der Waals surface area contributed by atoms with Crippen LogP contribution in [0.15, 0.2) is 152 Å². The maximum atomic E-state index is 11.9. The Labute approximate surface area is 425 Å². The minimum atomic E-state index is -3.41. The molecule has 0 aliphatic carbocycles. The number of para-hydroxylation sites is 1. The molecule has 0 saturated carbocycles. The summed E-state index contributed by atoms with van der Waals surface area (Å²) in [5, 5.41) is 11.9. The van der Waals surface area contributed by atoms with Crippen LogP contribution in [0, 0.1) is 26.8 Å². The fourth-order valence-electron chi connectivity index (χ4n) is 8.47. The first kappa shape index (κ1) is 31.5. The Bertz CT molecular complexity index is 3720. The van der Waals surface area contributed by atoms with Crippen LogP contribution in [0.4, 0.5) is 0 Å². The molecule has 0 radical (unpaired) electrons. The van der Waals surface area contributed by atoms with Crippen LogP contribution in [0.1, 0.15) is 113 Å². The molecule has 0 bridgehead atoms. The molecule has 0 fully saturated rings. The van der Waals surface area contributed by atoms with E-state index in [9.17, 15) is 5.11 Å². The van der Waals surface area contributed by atoms with Gasteiger partial charge in [0.2, 0.25) is 0 Å². The van der Waals surface area contributed by atoms with Crippen LogP contribution in [-0.2, 0) is 26.5 Å². The number of aromatic nitrogens is 3. The first-order valence-electron chi connectivity index (χ1n) is 28.5. The summed E-state index contributed by atoms with van der Waals surface area (Å²) in [6.45, 7) is -2.11. The molecule has 0 aliphatic heterocycles. The summed E-state index contributed by atoms with van der Waals surface area (Å²) in [7, 11) is 0. The first-order valence-corrected chi connectivity index (χ1v) is 21.5. The second kappa shape index (κ2) is 18.5. The molecule has 2 heterocycles. The van der Waals surface area contributed by atoms with Gasteiger partial charge in [0.25, 0.3) is 0 Å². The van der Waals surface area contributed by atoms with Gasteiger partial charge >= 0.3 is 0 Å². The zero-order chi connectivity index (χ0) is 57.6. The van der Waals surface area contributed by atoms with Crippen molar-refractivity contribution >= 4 is 11.0 Å². The predicted molar refractivity (Wildman–Crippen MR) is 273 cm³/mol. The average molecular weight is 1060 g/mol. The Balaban J connectivity index is 0.00000841. The number of pyridine rings is 1. The van der Waals surface area contributed by atoms with Gasteiger partial charge in [0.05, 0.1) is 22.3 Å². The van der Waals surface area contributed by atoms with Crippen molar-refractivity contribution < 1.29 is 45.4 Å². The van der Waals surface area contributed by atoms with Crippen molar-refractivity contribution in [2.45, 2.75) is 86.2 Å². The molecule has 334 valence electrons. The van der Waals surface area contributed by atoms with Gasteiger partial charge in [-0.3, -0.25) is 9.55 Å². The van der Waals surface area contributed by atoms with E-state index in [1.165, 1.54) is 24.3 Å². The summed E-state index contributed by atoms with van der Waals surface area (Å²) in [4.78, 5) is 10.1. The number of phenolic OH excluding ortho intramolecular Hbond substituents is 1. The van der Waals surface area contributed by atoms with Crippen LogP contribution in [0.25, 0.3) is 83.9 Å². The summed E-state index contributed by atoms with van der Waals surface area (Å²) < 4.78 is 121. The maximum absolute atomic E-state index is 11.9. The molecule has 2 aromatic heterocycles. The number of fused-ring (bicyclic) bond motifs is 1. The van der Waals surface area contributed by atoms with E-state index in [2.05, 4.69) is 6.07 Å². The summed E-state index contributed by atoms with van der Waals surface area (Å²) in [5.41, 5.74) is 7.33. The monoisotopic (exact) mass is 1060 g/mol. The summed E-state index contributed by atoms with van der Waals surface area (Å²) >= 11 is 0. The Morgan fingerprint density at radius 3 is 1.98 bits per heavy atom. The second-order valence-electron chi connectivity index (χ2n) is 17.3. The molecule has 9 aromatic rings. The van der Waals surface area contributed by atoms with Crippen LogP contribution in [-0.4, -0.2) is 19.6 Å². The molecule has 0 saturated heterocycles. The molecule has 0 atom stereocenters. The van der Waals surface area contributed by atoms with Crippen molar-refractivity contribution in [3.63, 3.8) is 0 Å². The average Bonchev–Trinajstić information content (AvgIpc) is 3.94. The van der Waals surface area contributed by atoms with E-state index in [1.54, 1.807) is 69.6 Å². The van der Waals surface area contributed by atoms with Gasteiger partial charge in [0.15, 0.2) is 0 Å². The van der Waals surface area contributed by atoms with E-state index in [4.69, 9.17) is 29.2 Å². The van der Waals surface area contributed by atoms with Gasteiger partial charge in [0.1, 0.15) is 11.6 Å². The molecule has 66 heavy (non-hydrogen) atoms. The van der Waals surface area contributed by atoms with Crippen LogP contribution in [0.2, 0.25) is 0 Å². The van der Waals surface area contributed by atoms with Gasteiger partial charge in [-0.1, -0.05) is 168 Å². The number of nitrogens with zero attached hydrogens (tertiary/aromatic N) is 3. The molecule has 9 rings (SSSR count). The van der Waals surface area contributed by atoms with Crippen molar-refractivity contribution in [1.82, 2.24) is 14.5 Å². The molecular formula is C61H58N3OPt-. The Kier molecular flexibility index (Phi) is 8.84. The number of aromatic hydroxyl groups is 1. The minimum Gasteiger partial charge on any atom is -0.507 e. The number of hydrogen-bond acceptors (Lipinski definition) is 3. The van der Waals surface area contributed by atoms with Gasteiger partial charge in [0, 0.05) is 52.1 Å². The van der Waals surface area contributed by atoms with Gasteiger partial charge in [-0.05, 0) is 129 Å². The number of benzene rings is 7. The molecule has 0 amide bonds. The molecule has 1 N–H and O–H groups in total. The Morgan fingerprint density at radius 1 is 0.621 bits per heavy atom. The quantitative estimate of drug-likeness (QED) is 0.147. The van der Waals surface area contributed by atoms with E-state index >= 15 is 0 Å². The number of rotatable bonds is 9. The number of aryl methyl sites for hydroxylation is 3. The molecule has 0 unspecified atom stereocenters. The van der Waals surface area contributed by atoms with Gasteiger partial charge in [-0.15, -0.1) is 23.8 Å². The maximum Gasteiger partial charge on any atom is 0.148 e. The van der Waals surface area contributed by atoms with Crippen molar-refractivity contribution in [2.24, 2.45) is 0 Å². The standard InChI is InChI=1S/C61H58N3O.Pt/c1-37(2)46-30-47(38(3)4)32-49(31-46)44-21-24-56(40(6)29-44)64-57-18-14-17-53(58(57)63-60(64)54-28-39(5)27-41(7)59(54)65)50-33-48(42-15-12-11-13-16-42)34-51(35-50)55-36-45(25-26-62-55)43-19-22-52(23-20-43)61(8,9)10;/h11-34,36-38,65H,1-10H3;/q-1;/i6D3,8D3,9D3,10D3,37D,38D;. The molecule has 0 spiro atoms. The predicted octanol–water partition coefficient (Wildman–Crippen LogP) is 16.4. The molecule has 0 aliphatic rings. The van der Waals surface area contributed by atoms with Crippen LogP contribution >= 0.6 is 0 Å². The smallest absolute Gasteiger partial charge is 0.148 e. The number of phenols is 1. The van der Waals surface area contributed by atoms with E-state index in [0.717, 1.165) is 16.7 Å². The number of hydrogen-bond donors (Lipinski definition) is 1. The van der Waals surface area contributed by atoms with Crippen LogP contribution in [0.3, 0.4) is 0 Å². The summed E-state index contributed by atoms with van der Waals surface area (Å²) in [5.74, 6) is -1.76. The first-order chi connectivity index (χ1) is 36.7. The van der Waals surface area contributed by atoms with E-state index in [0.29, 0.717) is 83.6 Å². The Morgan fingerprint density at radius 2 is 1.29 bits per heavy atom. The third-order valence-corrected chi connectivity index (χ3v) is 12.0. The zero-order valence-corrected chi connectivity index (χ0v) is 39.8. The van der Waals surface area contributed by atoms with Crippen LogP contribution < -0.4 is 0 Å². The normalized spacial score (nSPS) is 15.9. The van der Waals surface area contributed by atoms with Crippen molar-refractivity contribution in [3.8, 4) is 78.6 Å². The fourth-order valence-corrected chi connectivity index (χ4v) is 8.47. The van der Waals surface area contributed by atoms with Gasteiger partial charge in [-0.2, -0.15) is 0 Å². The Hall–Kier alpha value is -6.35. The SMILES string of the molecule is [2H]C([2H])([2H])c1cc(-c2cc(C([2H])(C)C)cc(C([2H])(C)C)c2)ccc1-n1c(-c2cc(C)cc(C)c2O)nc2c(-c3[c-]c(-c4cc(-c5ccc(C(C([2H])([2H])[2H])(C([2H])([2H])[2H])C([2H])([2H])[2H])cc5)ccn4)cc(-c4ccccc4)c3)cccc21.[Pt]. The van der Waals surface area contributed by atoms with Crippen molar-refractivity contribution in [2.75, 3.05) is 0 Å². The molecule has 4 nitrogen and oxygen atoms in total. The van der Waals surface area contributed by atoms with Crippen molar-refractivity contribution in [1.29, 1.82) is 0 Å². The molecule has 7 aromatic carbocycles. The largest absolute Gasteiger partial charge is 0.507 e. The van der Waals surface area contributed by atoms with E-state index in [-0.39, 0.29) is 43.8 Å². The topological polar surface area (TPSA) is 50.9 Å². The molecular weight excluding hydrogens is 986 g/mol. The van der Waals surface area contributed by atoms with E-state index < -0.39 is 44.6 Å². The second-order valence-corrected chi connectivity index (χ2v) is 17.3. The van der Waals surface area contributed by atoms with Gasteiger partial charge in [-0.25, -0.2) is 4.98 Å². The fraction of sp³-hybridized carbons (Fsp3) is 0.213. The van der Waals surface area contributed by atoms with Crippen molar-refractivity contribution in [3.05, 3.63) is 191 Å². The zero-order valence-electron chi connectivity index (χ0n) is 51.5. The van der Waals surface area contributed by atoms with Gasteiger partial charge < -0.3 is 5.11 Å². The third kappa shape index (κ3) is 9.09.